The molecule has 37 heavy (non-hydrogen) atoms. The number of unbranched alkanes of at least 4 members (excludes halogenated alkanes) is 1. The van der Waals surface area contributed by atoms with Gasteiger partial charge in [-0.05, 0) is 72.9 Å². The van der Waals surface area contributed by atoms with Crippen molar-refractivity contribution >= 4 is 29.3 Å². The largest absolute Gasteiger partial charge is 0.355 e. The van der Waals surface area contributed by atoms with Crippen LogP contribution in [-0.4, -0.2) is 40.7 Å². The Balaban J connectivity index is 1.28. The van der Waals surface area contributed by atoms with Crippen molar-refractivity contribution in [2.24, 2.45) is 0 Å². The zero-order valence-electron chi connectivity index (χ0n) is 21.1. The number of carbonyl (C=O) groups excluding carboxylic acids is 2. The van der Waals surface area contributed by atoms with E-state index in [0.717, 1.165) is 48.1 Å². The highest BCUT2D eigenvalue weighted by Crippen LogP contribution is 2.30. The molecule has 1 saturated heterocycles. The average molecular weight is 498 g/mol. The number of nitrogens with zero attached hydrogens (tertiary/aromatic N) is 2. The molecule has 3 aromatic rings. The van der Waals surface area contributed by atoms with Crippen LogP contribution in [-0.2, 0) is 6.54 Å². The maximum Gasteiger partial charge on any atom is 0.254 e. The van der Waals surface area contributed by atoms with Gasteiger partial charge in [-0.25, -0.2) is 4.39 Å². The van der Waals surface area contributed by atoms with Crippen molar-refractivity contribution in [3.8, 4) is 0 Å². The van der Waals surface area contributed by atoms with E-state index in [1.165, 1.54) is 12.1 Å². The number of piperidine rings is 1. The van der Waals surface area contributed by atoms with Gasteiger partial charge in [0.05, 0.1) is 0 Å². The van der Waals surface area contributed by atoms with Gasteiger partial charge in [0, 0.05) is 48.2 Å². The summed E-state index contributed by atoms with van der Waals surface area (Å²) in [6.07, 6.45) is 7.62. The van der Waals surface area contributed by atoms with Crippen molar-refractivity contribution in [1.82, 2.24) is 9.80 Å². The Labute approximate surface area is 217 Å². The minimum Gasteiger partial charge on any atom is -0.355 e. The van der Waals surface area contributed by atoms with Crippen LogP contribution in [0.4, 0.5) is 15.8 Å². The molecule has 2 aliphatic heterocycles. The summed E-state index contributed by atoms with van der Waals surface area (Å²) >= 11 is 0. The lowest BCUT2D eigenvalue weighted by atomic mass is 10.0. The Kier molecular flexibility index (Phi) is 7.35. The van der Waals surface area contributed by atoms with Crippen LogP contribution in [0.2, 0.25) is 0 Å². The molecular weight excluding hydrogens is 465 g/mol. The first-order valence-corrected chi connectivity index (χ1v) is 13.0. The molecule has 2 heterocycles. The number of fused-ring (bicyclic) bond motifs is 1. The Morgan fingerprint density at radius 1 is 1.05 bits per heavy atom. The fourth-order valence-electron chi connectivity index (χ4n) is 5.18. The highest BCUT2D eigenvalue weighted by Gasteiger charge is 2.35. The maximum absolute atomic E-state index is 13.7. The van der Waals surface area contributed by atoms with Gasteiger partial charge in [-0.2, -0.15) is 0 Å². The molecule has 0 saturated carbocycles. The molecule has 0 bridgehead atoms. The Morgan fingerprint density at radius 2 is 1.86 bits per heavy atom. The van der Waals surface area contributed by atoms with Gasteiger partial charge in [-0.1, -0.05) is 49.8 Å². The Hall–Kier alpha value is -3.93. The number of rotatable bonds is 7. The van der Waals surface area contributed by atoms with Crippen LogP contribution >= 0.6 is 0 Å². The smallest absolute Gasteiger partial charge is 0.254 e. The molecule has 2 aliphatic rings. The monoisotopic (exact) mass is 497 g/mol. The fraction of sp³-hybridized carbons (Fsp3) is 0.290. The predicted molar refractivity (Wildman–Crippen MR) is 145 cm³/mol. The second kappa shape index (κ2) is 11.0. The SMILES string of the molecule is CCC/C=C\c1cc(C(=O)N2CCC(N3Cc4ccccc4C3=O)CC2)ccc1Nc1cccc(F)c1. The van der Waals surface area contributed by atoms with Gasteiger partial charge in [0.15, 0.2) is 0 Å². The summed E-state index contributed by atoms with van der Waals surface area (Å²) in [4.78, 5) is 30.1. The molecule has 1 fully saturated rings. The van der Waals surface area contributed by atoms with Crippen molar-refractivity contribution in [1.29, 1.82) is 0 Å². The first-order chi connectivity index (χ1) is 18.0. The van der Waals surface area contributed by atoms with Gasteiger partial charge in [-0.3, -0.25) is 9.59 Å². The van der Waals surface area contributed by atoms with Crippen LogP contribution < -0.4 is 5.32 Å². The van der Waals surface area contributed by atoms with Gasteiger partial charge in [0.2, 0.25) is 0 Å². The van der Waals surface area contributed by atoms with E-state index in [-0.39, 0.29) is 23.7 Å². The van der Waals surface area contributed by atoms with Gasteiger partial charge < -0.3 is 15.1 Å². The Morgan fingerprint density at radius 3 is 2.62 bits per heavy atom. The summed E-state index contributed by atoms with van der Waals surface area (Å²) < 4.78 is 13.7. The highest BCUT2D eigenvalue weighted by molar-refractivity contribution is 5.98. The number of benzene rings is 3. The number of carbonyl (C=O) groups is 2. The second-order valence-electron chi connectivity index (χ2n) is 9.74. The number of amides is 2. The first-order valence-electron chi connectivity index (χ1n) is 13.0. The number of likely N-dealkylation sites (tertiary alicyclic amines) is 1. The van der Waals surface area contributed by atoms with E-state index < -0.39 is 0 Å². The lowest BCUT2D eigenvalue weighted by Gasteiger charge is -2.36. The quantitative estimate of drug-likeness (QED) is 0.398. The van der Waals surface area contributed by atoms with Crippen LogP contribution in [0.25, 0.3) is 6.08 Å². The number of hydrogen-bond acceptors (Lipinski definition) is 3. The lowest BCUT2D eigenvalue weighted by Crippen LogP contribution is -2.46. The number of nitrogens with one attached hydrogen (secondary N) is 1. The van der Waals surface area contributed by atoms with E-state index in [9.17, 15) is 14.0 Å². The van der Waals surface area contributed by atoms with Gasteiger partial charge >= 0.3 is 0 Å². The zero-order chi connectivity index (χ0) is 25.8. The van der Waals surface area contributed by atoms with Crippen LogP contribution in [0.1, 0.15) is 64.4 Å². The topological polar surface area (TPSA) is 52.7 Å². The fourth-order valence-corrected chi connectivity index (χ4v) is 5.18. The molecule has 5 rings (SSSR count). The van der Waals surface area contributed by atoms with Gasteiger partial charge in [0.1, 0.15) is 5.82 Å². The van der Waals surface area contributed by atoms with E-state index in [4.69, 9.17) is 0 Å². The number of hydrogen-bond donors (Lipinski definition) is 1. The summed E-state index contributed by atoms with van der Waals surface area (Å²) in [6, 6.07) is 19.9. The van der Waals surface area contributed by atoms with Crippen LogP contribution in [0.5, 0.6) is 0 Å². The molecule has 0 radical (unpaired) electrons. The molecule has 0 unspecified atom stereocenters. The summed E-state index contributed by atoms with van der Waals surface area (Å²) in [5.41, 5.74) is 4.88. The maximum atomic E-state index is 13.7. The van der Waals surface area contributed by atoms with Crippen molar-refractivity contribution < 1.29 is 14.0 Å². The Bertz CT molecular complexity index is 1330. The van der Waals surface area contributed by atoms with Crippen molar-refractivity contribution in [2.75, 3.05) is 18.4 Å². The molecule has 0 spiro atoms. The minimum atomic E-state index is -0.303. The first kappa shape index (κ1) is 24.8. The van der Waals surface area contributed by atoms with E-state index in [1.54, 1.807) is 6.07 Å². The molecule has 0 atom stereocenters. The third-order valence-electron chi connectivity index (χ3n) is 7.20. The molecular formula is C31H32FN3O2. The predicted octanol–water partition coefficient (Wildman–Crippen LogP) is 6.64. The van der Waals surface area contributed by atoms with Crippen LogP contribution in [0, 0.1) is 5.82 Å². The van der Waals surface area contributed by atoms with E-state index in [0.29, 0.717) is 30.9 Å². The molecule has 190 valence electrons. The van der Waals surface area contributed by atoms with E-state index in [2.05, 4.69) is 18.3 Å². The summed E-state index contributed by atoms with van der Waals surface area (Å²) in [6.45, 7) is 4.01. The van der Waals surface area contributed by atoms with Crippen LogP contribution in [0.15, 0.2) is 72.8 Å². The van der Waals surface area contributed by atoms with Crippen molar-refractivity contribution in [2.45, 2.75) is 45.2 Å². The number of anilines is 2. The normalized spacial score (nSPS) is 15.9. The van der Waals surface area contributed by atoms with Crippen LogP contribution in [0.3, 0.4) is 0 Å². The number of halogens is 1. The molecule has 1 N–H and O–H groups in total. The van der Waals surface area contributed by atoms with Crippen molar-refractivity contribution in [3.63, 3.8) is 0 Å². The third kappa shape index (κ3) is 5.43. The van der Waals surface area contributed by atoms with E-state index >= 15 is 0 Å². The standard InChI is InChI=1S/C31H32FN3O2/c1-2-3-4-8-22-19-23(13-14-29(22)33-26-11-7-10-25(32)20-26)30(36)34-17-15-27(16-18-34)35-21-24-9-5-6-12-28(24)31(35)37/h4-14,19-20,27,33H,2-3,15-18,21H2,1H3/b8-4-. The summed E-state index contributed by atoms with van der Waals surface area (Å²) in [7, 11) is 0. The highest BCUT2D eigenvalue weighted by atomic mass is 19.1. The molecule has 3 aromatic carbocycles. The molecule has 0 aliphatic carbocycles. The van der Waals surface area contributed by atoms with E-state index in [1.807, 2.05) is 64.4 Å². The molecule has 2 amide bonds. The van der Waals surface area contributed by atoms with Gasteiger partial charge in [0.25, 0.3) is 11.8 Å². The molecule has 6 heteroatoms. The second-order valence-corrected chi connectivity index (χ2v) is 9.74. The molecule has 5 nitrogen and oxygen atoms in total. The van der Waals surface area contributed by atoms with Gasteiger partial charge in [-0.15, -0.1) is 0 Å². The summed E-state index contributed by atoms with van der Waals surface area (Å²) in [5, 5.41) is 3.28. The summed E-state index contributed by atoms with van der Waals surface area (Å²) in [5.74, 6) is -0.204. The zero-order valence-corrected chi connectivity index (χ0v) is 21.1. The minimum absolute atomic E-state index is 0.00284. The third-order valence-corrected chi connectivity index (χ3v) is 7.20. The average Bonchev–Trinajstić information content (AvgIpc) is 3.26. The lowest BCUT2D eigenvalue weighted by molar-refractivity contribution is 0.0535. The molecule has 0 aromatic heterocycles. The number of allylic oxidation sites excluding steroid dienone is 1. The van der Waals surface area contributed by atoms with Crippen molar-refractivity contribution in [3.05, 3.63) is 101 Å².